The molecule has 0 fully saturated rings. The fourth-order valence-electron chi connectivity index (χ4n) is 2.58. The molecule has 0 amide bonds. The molecule has 0 aliphatic rings. The molecule has 0 aliphatic carbocycles. The van der Waals surface area contributed by atoms with Crippen LogP contribution >= 0.6 is 0 Å². The first-order valence-electron chi connectivity index (χ1n) is 9.17. The molecule has 0 saturated carbocycles. The maximum absolute atomic E-state index is 8.75. The topological polar surface area (TPSA) is 105 Å². The van der Waals surface area contributed by atoms with Gasteiger partial charge in [0, 0.05) is 12.3 Å². The van der Waals surface area contributed by atoms with Gasteiger partial charge in [-0.05, 0) is 22.1 Å². The highest BCUT2D eigenvalue weighted by Crippen LogP contribution is 2.16. The Hall–Kier alpha value is -3.42. The lowest BCUT2D eigenvalue weighted by Gasteiger charge is -2.17. The van der Waals surface area contributed by atoms with Crippen molar-refractivity contribution in [2.45, 2.75) is 26.1 Å². The van der Waals surface area contributed by atoms with Crippen LogP contribution in [0.25, 0.3) is 4.85 Å². The molecule has 0 spiro atoms. The third-order valence-electron chi connectivity index (χ3n) is 3.97. The number of hydrogen-bond acceptors (Lipinski definition) is 7. The standard InChI is InChI=1S/C19H21N7O2.CH4.FH/c1-21-11-16(13-28-18-9-5-6-10-22-18)26-19(23-24-25-26)17(20)14-27-12-15-7-3-2-4-8-15;;/h2-10,16-17H,11-14,20H2;1H4;1H/t16-,17-;;/m1../s1/i/hT. The molecule has 9 nitrogen and oxygen atoms in total. The van der Waals surface area contributed by atoms with Crippen LogP contribution in [0.5, 0.6) is 5.88 Å². The van der Waals surface area contributed by atoms with Gasteiger partial charge in [-0.1, -0.05) is 43.8 Å². The number of nitrogens with zero attached hydrogens (tertiary/aromatic N) is 6. The van der Waals surface area contributed by atoms with Crippen molar-refractivity contribution in [3.63, 3.8) is 0 Å². The van der Waals surface area contributed by atoms with Crippen molar-refractivity contribution in [1.29, 1.82) is 1.45 Å². The molecular weight excluding hydrogens is 389 g/mol. The van der Waals surface area contributed by atoms with E-state index >= 15 is 0 Å². The molecule has 160 valence electrons. The first kappa shape index (κ1) is 22.9. The molecule has 30 heavy (non-hydrogen) atoms. The molecule has 2 aromatic heterocycles. The molecule has 2 atom stereocenters. The van der Waals surface area contributed by atoms with Crippen LogP contribution < -0.4 is 10.5 Å². The lowest BCUT2D eigenvalue weighted by atomic mass is 10.2. The Morgan fingerprint density at radius 3 is 2.63 bits per heavy atom. The maximum Gasteiger partial charge on any atom is 0.269 e. The second-order valence-corrected chi connectivity index (χ2v) is 6.06. The van der Waals surface area contributed by atoms with Crippen molar-refractivity contribution in [3.8, 4) is 5.88 Å². The Morgan fingerprint density at radius 2 is 1.93 bits per heavy atom. The predicted octanol–water partition coefficient (Wildman–Crippen LogP) is 2.61. The van der Waals surface area contributed by atoms with Gasteiger partial charge in [0.1, 0.15) is 6.61 Å². The summed E-state index contributed by atoms with van der Waals surface area (Å²) in [5.74, 6) is 0.925. The molecule has 0 aliphatic heterocycles. The number of hydrogen-bond donors (Lipinski definition) is 1. The molecule has 10 heteroatoms. The van der Waals surface area contributed by atoms with Crippen molar-refractivity contribution in [1.82, 2.24) is 25.2 Å². The van der Waals surface area contributed by atoms with E-state index in [1.54, 1.807) is 18.3 Å². The highest BCUT2D eigenvalue weighted by molar-refractivity contribution is 5.13. The largest absolute Gasteiger partial charge is 0.475 e. The van der Waals surface area contributed by atoms with Crippen LogP contribution in [0.15, 0.2) is 54.7 Å². The molecule has 0 unspecified atom stereocenters. The number of halogens is 1. The number of benzene rings is 1. The van der Waals surface area contributed by atoms with Crippen molar-refractivity contribution in [2.24, 2.45) is 5.73 Å². The maximum atomic E-state index is 8.75. The van der Waals surface area contributed by atoms with E-state index in [1.807, 2.05) is 36.4 Å². The van der Waals surface area contributed by atoms with E-state index in [0.29, 0.717) is 18.3 Å². The van der Waals surface area contributed by atoms with Gasteiger partial charge in [-0.2, -0.15) is 0 Å². The summed E-state index contributed by atoms with van der Waals surface area (Å²) in [6, 6.07) is 14.3. The van der Waals surface area contributed by atoms with Crippen LogP contribution in [0.2, 0.25) is 0 Å². The Kier molecular flexibility index (Phi) is 9.85. The van der Waals surface area contributed by atoms with E-state index in [-0.39, 0.29) is 33.2 Å². The van der Waals surface area contributed by atoms with Crippen LogP contribution in [-0.2, 0) is 11.3 Å². The van der Waals surface area contributed by atoms with Gasteiger partial charge in [0.15, 0.2) is 11.9 Å². The number of nitrogens with two attached hydrogens (primary N) is 1. The quantitative estimate of drug-likeness (QED) is 0.506. The summed E-state index contributed by atoms with van der Waals surface area (Å²) in [5.41, 5.74) is 7.29. The zero-order chi connectivity index (χ0) is 21.6. The Balaban J connectivity index is 0.00000156. The third-order valence-corrected chi connectivity index (χ3v) is 3.97. The van der Waals surface area contributed by atoms with Gasteiger partial charge in [0.2, 0.25) is 12.4 Å². The van der Waals surface area contributed by atoms with Crippen molar-refractivity contribution in [2.75, 3.05) is 19.8 Å². The molecule has 1 aromatic carbocycles. The zero-order valence-electron chi connectivity index (χ0n) is 16.6. The highest BCUT2D eigenvalue weighted by Gasteiger charge is 2.24. The Morgan fingerprint density at radius 1 is 1.17 bits per heavy atom. The predicted molar refractivity (Wildman–Crippen MR) is 110 cm³/mol. The number of tetrazole rings is 1. The average molecular weight is 417 g/mol. The van der Waals surface area contributed by atoms with Crippen LogP contribution in [0.1, 0.15) is 30.9 Å². The summed E-state index contributed by atoms with van der Waals surface area (Å²) in [6.07, 6.45) is 1.64. The second kappa shape index (κ2) is 12.9. The monoisotopic (exact) mass is 417 g/mol. The van der Waals surface area contributed by atoms with E-state index < -0.39 is 6.04 Å². The zero-order valence-corrected chi connectivity index (χ0v) is 15.6. The van der Waals surface area contributed by atoms with Gasteiger partial charge in [-0.15, -0.1) is 5.10 Å². The fraction of sp³-hybridized carbons (Fsp3) is 0.350. The molecule has 3 rings (SSSR count). The minimum atomic E-state index is -0.526. The third kappa shape index (κ3) is 6.88. The number of aromatic nitrogens is 5. The van der Waals surface area contributed by atoms with Gasteiger partial charge >= 0.3 is 0 Å². The highest BCUT2D eigenvalue weighted by atomic mass is 19.0. The smallest absolute Gasteiger partial charge is 0.269 e. The van der Waals surface area contributed by atoms with Gasteiger partial charge in [0.25, 0.3) is 1.45 Å². The van der Waals surface area contributed by atoms with E-state index in [0.717, 1.165) is 5.56 Å². The van der Waals surface area contributed by atoms with Crippen LogP contribution in [0, 0.1) is 6.57 Å². The molecule has 0 radical (unpaired) electrons. The van der Waals surface area contributed by atoms with Crippen LogP contribution in [0.4, 0.5) is 4.72 Å². The lowest BCUT2D eigenvalue weighted by molar-refractivity contribution is 0.104. The molecule has 2 N–H and O–H groups in total. The van der Waals surface area contributed by atoms with Crippen molar-refractivity contribution < 1.29 is 14.2 Å². The molecule has 0 saturated heterocycles. The number of pyridine rings is 1. The molecule has 0 bridgehead atoms. The summed E-state index contributed by atoms with van der Waals surface area (Å²) in [7, 11) is 0. The van der Waals surface area contributed by atoms with Gasteiger partial charge in [-0.3, -0.25) is 4.72 Å². The van der Waals surface area contributed by atoms with Crippen LogP contribution in [-0.4, -0.2) is 46.4 Å². The SMILES string of the molecule is C.[3H]F.[C-]#[N+]C[C@H](COc1ccccn1)n1nnnc1[C@H](N)COCc1ccccc1. The van der Waals surface area contributed by atoms with Gasteiger partial charge in [-0.25, -0.2) is 16.2 Å². The summed E-state index contributed by atoms with van der Waals surface area (Å²) in [6.45, 7) is 8.28. The summed E-state index contributed by atoms with van der Waals surface area (Å²) < 4.78 is 25.9. The normalized spacial score (nSPS) is 12.2. The Bertz CT molecular complexity index is 893. The first-order chi connectivity index (χ1) is 14.8. The molecule has 3 aromatic rings. The second-order valence-electron chi connectivity index (χ2n) is 6.06. The first-order valence-corrected chi connectivity index (χ1v) is 8.80. The fourth-order valence-corrected chi connectivity index (χ4v) is 2.58. The molecule has 2 heterocycles. The number of ether oxygens (including phenoxy) is 2. The van der Waals surface area contributed by atoms with E-state index in [4.69, 9.17) is 26.5 Å². The minimum absolute atomic E-state index is 0. The molecular formula is C20H26FN7O2. The van der Waals surface area contributed by atoms with E-state index in [2.05, 4.69) is 26.8 Å². The summed E-state index contributed by atoms with van der Waals surface area (Å²) >= 11 is 0. The lowest BCUT2D eigenvalue weighted by Crippen LogP contribution is -2.28. The number of rotatable bonds is 10. The summed E-state index contributed by atoms with van der Waals surface area (Å²) in [5, 5.41) is 11.8. The van der Waals surface area contributed by atoms with E-state index in [9.17, 15) is 0 Å². The van der Waals surface area contributed by atoms with Crippen LogP contribution in [0.3, 0.4) is 0 Å². The van der Waals surface area contributed by atoms with Gasteiger partial charge < -0.3 is 20.1 Å². The Labute approximate surface area is 176 Å². The minimum Gasteiger partial charge on any atom is -0.475 e. The van der Waals surface area contributed by atoms with Crippen molar-refractivity contribution >= 4 is 0 Å². The van der Waals surface area contributed by atoms with E-state index in [1.165, 1.54) is 4.68 Å². The van der Waals surface area contributed by atoms with Gasteiger partial charge in [0.05, 0.1) is 19.3 Å². The average Bonchev–Trinajstić information content (AvgIpc) is 3.29. The summed E-state index contributed by atoms with van der Waals surface area (Å²) in [4.78, 5) is 7.58. The van der Waals surface area contributed by atoms with Crippen molar-refractivity contribution in [3.05, 3.63) is 77.5 Å².